The van der Waals surface area contributed by atoms with Crippen LogP contribution in [0.5, 0.6) is 5.75 Å². The Bertz CT molecular complexity index is 388. The minimum Gasteiger partial charge on any atom is -0.497 e. The number of hydrogen-bond donors (Lipinski definition) is 2. The van der Waals surface area contributed by atoms with Gasteiger partial charge < -0.3 is 15.4 Å². The van der Waals surface area contributed by atoms with E-state index >= 15 is 0 Å². The lowest BCUT2D eigenvalue weighted by molar-refractivity contribution is 0.0949. The number of halogens is 2. The van der Waals surface area contributed by atoms with Crippen molar-refractivity contribution in [1.82, 2.24) is 10.6 Å². The van der Waals surface area contributed by atoms with E-state index in [9.17, 15) is 9.18 Å². The van der Waals surface area contributed by atoms with Crippen molar-refractivity contribution in [2.24, 2.45) is 0 Å². The number of methoxy groups -OCH3 is 1. The number of carbonyl (C=O) groups is 1. The van der Waals surface area contributed by atoms with Crippen molar-refractivity contribution in [2.75, 3.05) is 27.2 Å². The molecule has 0 aromatic heterocycles. The number of ether oxygens (including phenoxy) is 1. The highest BCUT2D eigenvalue weighted by atomic mass is 35.5. The third-order valence-electron chi connectivity index (χ3n) is 2.31. The van der Waals surface area contributed by atoms with Gasteiger partial charge in [0, 0.05) is 12.6 Å². The van der Waals surface area contributed by atoms with E-state index in [1.807, 2.05) is 7.05 Å². The molecule has 18 heavy (non-hydrogen) atoms. The van der Waals surface area contributed by atoms with Gasteiger partial charge in [0.05, 0.1) is 12.7 Å². The summed E-state index contributed by atoms with van der Waals surface area (Å²) in [5, 5.41) is 5.62. The molecule has 6 heteroatoms. The smallest absolute Gasteiger partial charge is 0.254 e. The van der Waals surface area contributed by atoms with Gasteiger partial charge in [-0.25, -0.2) is 4.39 Å². The fourth-order valence-corrected chi connectivity index (χ4v) is 1.37. The highest BCUT2D eigenvalue weighted by Crippen LogP contribution is 2.15. The summed E-state index contributed by atoms with van der Waals surface area (Å²) in [4.78, 5) is 11.6. The second-order valence-corrected chi connectivity index (χ2v) is 3.56. The molecule has 1 amide bonds. The molecule has 0 heterocycles. The van der Waals surface area contributed by atoms with E-state index in [1.165, 1.54) is 19.2 Å². The maximum Gasteiger partial charge on any atom is 0.254 e. The predicted octanol–water partition coefficient (Wildman–Crippen LogP) is 1.60. The topological polar surface area (TPSA) is 50.4 Å². The Kier molecular flexibility index (Phi) is 8.07. The lowest BCUT2D eigenvalue weighted by Crippen LogP contribution is -2.27. The van der Waals surface area contributed by atoms with E-state index in [0.29, 0.717) is 12.3 Å². The Balaban J connectivity index is 0.00000289. The van der Waals surface area contributed by atoms with Gasteiger partial charge in [-0.1, -0.05) is 0 Å². The fourth-order valence-electron chi connectivity index (χ4n) is 1.37. The normalized spacial score (nSPS) is 9.50. The van der Waals surface area contributed by atoms with E-state index in [2.05, 4.69) is 10.6 Å². The van der Waals surface area contributed by atoms with Crippen molar-refractivity contribution in [1.29, 1.82) is 0 Å². The van der Waals surface area contributed by atoms with E-state index in [1.54, 1.807) is 6.07 Å². The van der Waals surface area contributed by atoms with Crippen molar-refractivity contribution in [3.63, 3.8) is 0 Å². The number of benzene rings is 1. The summed E-state index contributed by atoms with van der Waals surface area (Å²) in [6.07, 6.45) is 0.806. The molecular weight excluding hydrogens is 259 g/mol. The maximum absolute atomic E-state index is 13.5. The number of carbonyl (C=O) groups excluding carboxylic acids is 1. The van der Waals surface area contributed by atoms with E-state index in [-0.39, 0.29) is 18.0 Å². The number of rotatable bonds is 6. The molecule has 2 N–H and O–H groups in total. The molecule has 0 bridgehead atoms. The standard InChI is InChI=1S/C12H17FN2O2.ClH/c1-14-6-3-7-15-12(16)10-5-4-9(17-2)8-11(10)13;/h4-5,8,14H,3,6-7H2,1-2H3,(H,15,16);1H. The van der Waals surface area contributed by atoms with Crippen LogP contribution in [0.1, 0.15) is 16.8 Å². The first-order chi connectivity index (χ1) is 8.19. The van der Waals surface area contributed by atoms with Crippen LogP contribution in [0.4, 0.5) is 4.39 Å². The molecule has 0 unspecified atom stereocenters. The van der Waals surface area contributed by atoms with Crippen LogP contribution in [0.3, 0.4) is 0 Å². The van der Waals surface area contributed by atoms with Gasteiger partial charge in [0.1, 0.15) is 11.6 Å². The first-order valence-corrected chi connectivity index (χ1v) is 5.45. The van der Waals surface area contributed by atoms with Crippen LogP contribution in [0.15, 0.2) is 18.2 Å². The van der Waals surface area contributed by atoms with Gasteiger partial charge in [-0.2, -0.15) is 0 Å². The molecule has 1 aromatic carbocycles. The number of nitrogens with one attached hydrogen (secondary N) is 2. The largest absolute Gasteiger partial charge is 0.497 e. The van der Waals surface area contributed by atoms with Crippen LogP contribution in [-0.4, -0.2) is 33.2 Å². The first kappa shape index (κ1) is 16.7. The minimum atomic E-state index is -0.574. The lowest BCUT2D eigenvalue weighted by atomic mass is 10.2. The summed E-state index contributed by atoms with van der Waals surface area (Å²) in [6.45, 7) is 1.33. The molecule has 0 atom stereocenters. The van der Waals surface area contributed by atoms with Gasteiger partial charge in [-0.15, -0.1) is 12.4 Å². The van der Waals surface area contributed by atoms with Crippen LogP contribution in [0.2, 0.25) is 0 Å². The van der Waals surface area contributed by atoms with Gasteiger partial charge in [-0.3, -0.25) is 4.79 Å². The monoisotopic (exact) mass is 276 g/mol. The zero-order valence-corrected chi connectivity index (χ0v) is 11.3. The maximum atomic E-state index is 13.5. The lowest BCUT2D eigenvalue weighted by Gasteiger charge is -2.07. The second-order valence-electron chi connectivity index (χ2n) is 3.56. The summed E-state index contributed by atoms with van der Waals surface area (Å²) >= 11 is 0. The van der Waals surface area contributed by atoms with Crippen molar-refractivity contribution in [3.05, 3.63) is 29.6 Å². The molecule has 0 aliphatic rings. The molecule has 0 fully saturated rings. The quantitative estimate of drug-likeness (QED) is 0.776. The molecule has 4 nitrogen and oxygen atoms in total. The highest BCUT2D eigenvalue weighted by Gasteiger charge is 2.11. The van der Waals surface area contributed by atoms with Gasteiger partial charge in [0.25, 0.3) is 5.91 Å². The molecule has 0 aliphatic heterocycles. The van der Waals surface area contributed by atoms with E-state index in [0.717, 1.165) is 13.0 Å². The van der Waals surface area contributed by atoms with Gasteiger partial charge in [0.15, 0.2) is 0 Å². The summed E-state index contributed by atoms with van der Waals surface area (Å²) < 4.78 is 18.4. The van der Waals surface area contributed by atoms with Gasteiger partial charge >= 0.3 is 0 Å². The summed E-state index contributed by atoms with van der Waals surface area (Å²) in [5.41, 5.74) is 0.0373. The van der Waals surface area contributed by atoms with E-state index < -0.39 is 11.7 Å². The van der Waals surface area contributed by atoms with Crippen molar-refractivity contribution in [3.8, 4) is 5.75 Å². The molecule has 0 radical (unpaired) electrons. The molecule has 0 spiro atoms. The van der Waals surface area contributed by atoms with Gasteiger partial charge in [-0.05, 0) is 32.1 Å². The number of hydrogen-bond acceptors (Lipinski definition) is 3. The average Bonchev–Trinajstić information content (AvgIpc) is 2.34. The molecule has 102 valence electrons. The van der Waals surface area contributed by atoms with E-state index in [4.69, 9.17) is 4.74 Å². The Morgan fingerprint density at radius 3 is 2.67 bits per heavy atom. The Morgan fingerprint density at radius 2 is 2.11 bits per heavy atom. The Labute approximate surface area is 112 Å². The Hall–Kier alpha value is -1.33. The van der Waals surface area contributed by atoms with Crippen molar-refractivity contribution < 1.29 is 13.9 Å². The fraction of sp³-hybridized carbons (Fsp3) is 0.417. The molecule has 1 aromatic rings. The summed E-state index contributed by atoms with van der Waals surface area (Å²) in [5.74, 6) is -0.578. The van der Waals surface area contributed by atoms with Crippen LogP contribution in [-0.2, 0) is 0 Å². The minimum absolute atomic E-state index is 0. The van der Waals surface area contributed by atoms with Crippen LogP contribution in [0, 0.1) is 5.82 Å². The second kappa shape index (κ2) is 8.72. The summed E-state index contributed by atoms with van der Waals surface area (Å²) in [7, 11) is 3.29. The molecule has 0 saturated carbocycles. The third-order valence-corrected chi connectivity index (χ3v) is 2.31. The molecule has 0 saturated heterocycles. The molecular formula is C12H18ClFN2O2. The molecule has 0 aliphatic carbocycles. The van der Waals surface area contributed by atoms with Crippen LogP contribution >= 0.6 is 12.4 Å². The predicted molar refractivity (Wildman–Crippen MR) is 71.1 cm³/mol. The van der Waals surface area contributed by atoms with Crippen LogP contribution < -0.4 is 15.4 Å². The average molecular weight is 277 g/mol. The first-order valence-electron chi connectivity index (χ1n) is 5.45. The summed E-state index contributed by atoms with van der Waals surface area (Å²) in [6, 6.07) is 4.18. The zero-order valence-electron chi connectivity index (χ0n) is 10.5. The van der Waals surface area contributed by atoms with Crippen LogP contribution in [0.25, 0.3) is 0 Å². The third kappa shape index (κ3) is 4.89. The molecule has 1 rings (SSSR count). The highest BCUT2D eigenvalue weighted by molar-refractivity contribution is 5.94. The SMILES string of the molecule is CNCCCNC(=O)c1ccc(OC)cc1F.Cl. The van der Waals surface area contributed by atoms with Crippen molar-refractivity contribution >= 4 is 18.3 Å². The number of amides is 1. The zero-order chi connectivity index (χ0) is 12.7. The van der Waals surface area contributed by atoms with Crippen molar-refractivity contribution in [2.45, 2.75) is 6.42 Å². The Morgan fingerprint density at radius 1 is 1.39 bits per heavy atom. The van der Waals surface area contributed by atoms with Gasteiger partial charge in [0.2, 0.25) is 0 Å².